The largest absolute Gasteiger partial charge is 0.467 e. The number of esters is 1. The summed E-state index contributed by atoms with van der Waals surface area (Å²) in [6.45, 7) is 0. The summed E-state index contributed by atoms with van der Waals surface area (Å²) in [6, 6.07) is 3.07. The molecule has 0 radical (unpaired) electrons. The van der Waals surface area contributed by atoms with Crippen LogP contribution in [0.1, 0.15) is 83.1 Å². The van der Waals surface area contributed by atoms with Crippen molar-refractivity contribution in [1.29, 1.82) is 0 Å². The Morgan fingerprint density at radius 3 is 2.30 bits per heavy atom. The second kappa shape index (κ2) is 8.74. The predicted molar refractivity (Wildman–Crippen MR) is 113 cm³/mol. The van der Waals surface area contributed by atoms with Crippen LogP contribution in [0.4, 0.5) is 0 Å². The van der Waals surface area contributed by atoms with Gasteiger partial charge in [0.1, 0.15) is 6.04 Å². The van der Waals surface area contributed by atoms with Gasteiger partial charge in [0, 0.05) is 29.4 Å². The Morgan fingerprint density at radius 1 is 1.23 bits per heavy atom. The molecule has 2 aromatic rings. The molecule has 1 aromatic heterocycles. The fourth-order valence-electron chi connectivity index (χ4n) is 4.26. The smallest absolute Gasteiger partial charge is 0.328 e. The van der Waals surface area contributed by atoms with Crippen molar-refractivity contribution in [3.63, 3.8) is 0 Å². The van der Waals surface area contributed by atoms with Gasteiger partial charge in [-0.05, 0) is 60.8 Å². The van der Waals surface area contributed by atoms with Crippen LogP contribution >= 0.6 is 0 Å². The van der Waals surface area contributed by atoms with Crippen LogP contribution in [0.5, 0.6) is 0 Å². The van der Waals surface area contributed by atoms with Crippen LogP contribution in [0.15, 0.2) is 24.7 Å². The van der Waals surface area contributed by atoms with Gasteiger partial charge in [-0.25, -0.2) is 9.78 Å². The van der Waals surface area contributed by atoms with E-state index in [0.29, 0.717) is 17.4 Å². The third-order valence-corrected chi connectivity index (χ3v) is 6.47. The number of nitrogens with zero attached hydrogens (tertiary/aromatic N) is 1. The minimum Gasteiger partial charge on any atom is -0.467 e. The summed E-state index contributed by atoms with van der Waals surface area (Å²) < 4.78 is 4.90. The molecule has 6 heteroatoms. The average molecular weight is 405 g/mol. The summed E-state index contributed by atoms with van der Waals surface area (Å²) >= 11 is 0. The van der Waals surface area contributed by atoms with E-state index in [1.807, 2.05) is 12.1 Å². The highest BCUT2D eigenvalue weighted by Gasteiger charge is 2.30. The monoisotopic (exact) mass is 405 g/mol. The minimum absolute atomic E-state index is 0.283. The second-order valence-electron chi connectivity index (χ2n) is 8.26. The fourth-order valence-corrected chi connectivity index (χ4v) is 4.26. The van der Waals surface area contributed by atoms with Crippen molar-refractivity contribution in [2.24, 2.45) is 0 Å². The minimum atomic E-state index is -0.797. The molecule has 2 fully saturated rings. The molecule has 30 heavy (non-hydrogen) atoms. The summed E-state index contributed by atoms with van der Waals surface area (Å²) in [4.78, 5) is 32.4. The molecule has 0 aliphatic heterocycles. The third kappa shape index (κ3) is 3.97. The van der Waals surface area contributed by atoms with Crippen LogP contribution in [0.3, 0.4) is 0 Å². The van der Waals surface area contributed by atoms with E-state index in [4.69, 9.17) is 11.2 Å². The number of benzene rings is 1. The highest BCUT2D eigenvalue weighted by Crippen LogP contribution is 2.44. The summed E-state index contributed by atoms with van der Waals surface area (Å²) in [5.41, 5.74) is 4.51. The molecule has 0 unspecified atom stereocenters. The number of aromatic amines is 1. The van der Waals surface area contributed by atoms with Crippen LogP contribution < -0.4 is 5.32 Å². The molecule has 1 heterocycles. The molecule has 2 N–H and O–H groups in total. The number of amides is 1. The van der Waals surface area contributed by atoms with Gasteiger partial charge in [0.15, 0.2) is 0 Å². The van der Waals surface area contributed by atoms with Crippen molar-refractivity contribution in [3.8, 4) is 12.3 Å². The molecule has 0 saturated heterocycles. The molecule has 2 aliphatic carbocycles. The molecular weight excluding hydrogens is 378 g/mol. The van der Waals surface area contributed by atoms with Gasteiger partial charge in [-0.2, -0.15) is 0 Å². The number of H-pyrrole nitrogens is 1. The topological polar surface area (TPSA) is 84.1 Å². The van der Waals surface area contributed by atoms with Gasteiger partial charge >= 0.3 is 5.97 Å². The number of nitrogens with one attached hydrogen (secondary N) is 2. The van der Waals surface area contributed by atoms with Crippen LogP contribution in [-0.4, -0.2) is 35.0 Å². The fraction of sp³-hybridized carbons (Fsp3) is 0.458. The molecule has 2 aliphatic rings. The number of carbonyl (C=O) groups is 2. The maximum atomic E-state index is 13.2. The zero-order valence-corrected chi connectivity index (χ0v) is 17.2. The van der Waals surface area contributed by atoms with Crippen molar-refractivity contribution in [1.82, 2.24) is 15.3 Å². The Kier molecular flexibility index (Phi) is 5.89. The molecular formula is C24H27N3O3. The maximum Gasteiger partial charge on any atom is 0.328 e. The second-order valence-corrected chi connectivity index (χ2v) is 8.26. The Hall–Kier alpha value is -3.07. The first-order valence-electron chi connectivity index (χ1n) is 10.6. The van der Waals surface area contributed by atoms with Crippen molar-refractivity contribution in [2.45, 2.75) is 62.8 Å². The number of imidazole rings is 1. The van der Waals surface area contributed by atoms with E-state index < -0.39 is 12.0 Å². The quantitative estimate of drug-likeness (QED) is 0.546. The number of ether oxygens (including phenoxy) is 1. The van der Waals surface area contributed by atoms with E-state index in [-0.39, 0.29) is 12.3 Å². The zero-order valence-electron chi connectivity index (χ0n) is 17.2. The van der Waals surface area contributed by atoms with Gasteiger partial charge in [0.05, 0.1) is 13.4 Å². The van der Waals surface area contributed by atoms with Crippen molar-refractivity contribution in [2.75, 3.05) is 7.11 Å². The molecule has 6 nitrogen and oxygen atoms in total. The molecule has 0 bridgehead atoms. The van der Waals surface area contributed by atoms with E-state index >= 15 is 0 Å². The Morgan fingerprint density at radius 2 is 1.87 bits per heavy atom. The number of hydrogen-bond acceptors (Lipinski definition) is 4. The molecule has 1 amide bonds. The highest BCUT2D eigenvalue weighted by molar-refractivity contribution is 5.97. The van der Waals surface area contributed by atoms with Crippen LogP contribution in [0, 0.1) is 12.3 Å². The van der Waals surface area contributed by atoms with Gasteiger partial charge in [-0.15, -0.1) is 6.42 Å². The van der Waals surface area contributed by atoms with Crippen molar-refractivity contribution < 1.29 is 14.3 Å². The Balaban J connectivity index is 1.63. The average Bonchev–Trinajstić information content (AvgIpc) is 3.17. The molecule has 156 valence electrons. The van der Waals surface area contributed by atoms with E-state index in [0.717, 1.165) is 48.1 Å². The standard InChI is InChI=1S/C24H27N3O3/c1-3-19-20(15-6-4-7-15)10-17(11-21(19)16-8-5-9-16)23(28)27-22(24(29)30-2)12-18-13-25-14-26-18/h1,10-11,13-16,22H,4-9,12H2,2H3,(H,25,26)(H,27,28)/t22-/m1/s1. The van der Waals surface area contributed by atoms with E-state index in [1.54, 1.807) is 12.5 Å². The number of terminal acetylenes is 1. The molecule has 0 spiro atoms. The first kappa shape index (κ1) is 20.2. The van der Waals surface area contributed by atoms with Crippen LogP contribution in [0.25, 0.3) is 0 Å². The first-order valence-corrected chi connectivity index (χ1v) is 10.6. The number of rotatable bonds is 7. The first-order chi connectivity index (χ1) is 14.6. The van der Waals surface area contributed by atoms with E-state index in [1.165, 1.54) is 20.0 Å². The van der Waals surface area contributed by atoms with Gasteiger partial charge in [-0.3, -0.25) is 4.79 Å². The van der Waals surface area contributed by atoms with E-state index in [9.17, 15) is 9.59 Å². The number of aromatic nitrogens is 2. The van der Waals surface area contributed by atoms with Gasteiger partial charge in [0.25, 0.3) is 5.91 Å². The molecule has 4 rings (SSSR count). The lowest BCUT2D eigenvalue weighted by Crippen LogP contribution is -2.43. The van der Waals surface area contributed by atoms with Crippen LogP contribution in [-0.2, 0) is 16.0 Å². The maximum absolute atomic E-state index is 13.2. The predicted octanol–water partition coefficient (Wildman–Crippen LogP) is 3.44. The number of methoxy groups -OCH3 is 1. The lowest BCUT2D eigenvalue weighted by molar-refractivity contribution is -0.142. The summed E-state index contributed by atoms with van der Waals surface area (Å²) in [5, 5.41) is 2.85. The van der Waals surface area contributed by atoms with Crippen molar-refractivity contribution >= 4 is 11.9 Å². The van der Waals surface area contributed by atoms with Gasteiger partial charge in [0.2, 0.25) is 0 Å². The zero-order chi connectivity index (χ0) is 21.1. The Bertz CT molecular complexity index is 931. The molecule has 1 aromatic carbocycles. The van der Waals surface area contributed by atoms with E-state index in [2.05, 4.69) is 21.2 Å². The normalized spacial score (nSPS) is 17.3. The molecule has 2 saturated carbocycles. The summed E-state index contributed by atoms with van der Waals surface area (Å²) in [5.74, 6) is 2.98. The number of hydrogen-bond donors (Lipinski definition) is 2. The molecule has 1 atom stereocenters. The number of carbonyl (C=O) groups excluding carboxylic acids is 2. The Labute approximate surface area is 176 Å². The third-order valence-electron chi connectivity index (χ3n) is 6.47. The SMILES string of the molecule is C#Cc1c(C2CCC2)cc(C(=O)N[C@H](Cc2cnc[nH]2)C(=O)OC)cc1C1CCC1. The van der Waals surface area contributed by atoms with Crippen LogP contribution in [0.2, 0.25) is 0 Å². The lowest BCUT2D eigenvalue weighted by atomic mass is 9.72. The lowest BCUT2D eigenvalue weighted by Gasteiger charge is -2.32. The summed E-state index contributed by atoms with van der Waals surface area (Å²) in [7, 11) is 1.32. The highest BCUT2D eigenvalue weighted by atomic mass is 16.5. The van der Waals surface area contributed by atoms with Gasteiger partial charge in [-0.1, -0.05) is 18.8 Å². The van der Waals surface area contributed by atoms with Crippen molar-refractivity contribution in [3.05, 3.63) is 52.6 Å². The van der Waals surface area contributed by atoms with Gasteiger partial charge < -0.3 is 15.0 Å². The summed E-state index contributed by atoms with van der Waals surface area (Å²) in [6.07, 6.45) is 16.2.